The van der Waals surface area contributed by atoms with E-state index in [0.29, 0.717) is 10.8 Å². The Balaban J connectivity index is 1.21. The third-order valence-electron chi connectivity index (χ3n) is 6.63. The standard InChI is InChI=1S/C30H34N4O7/c1-30(2,3)40-29(37)26(41-34-27(35)24-6-4-5-7-25(24)28(34)36)20-39-23-10-8-21(9-11-23)22-18-31-33(19-22)13-12-32-14-16-38-17-15-32/h4-11,18-19,26H,12-17,20H2,1-3H3/t26-/m0/s1. The maximum absolute atomic E-state index is 13.0. The second-order valence-electron chi connectivity index (χ2n) is 10.9. The molecule has 3 heterocycles. The topological polar surface area (TPSA) is 112 Å². The van der Waals surface area contributed by atoms with Crippen LogP contribution in [0.15, 0.2) is 60.9 Å². The molecule has 11 nitrogen and oxygen atoms in total. The van der Waals surface area contributed by atoms with E-state index in [1.54, 1.807) is 45.0 Å². The fourth-order valence-corrected chi connectivity index (χ4v) is 4.52. The molecule has 1 atom stereocenters. The van der Waals surface area contributed by atoms with Crippen LogP contribution >= 0.6 is 0 Å². The van der Waals surface area contributed by atoms with Gasteiger partial charge in [0.15, 0.2) is 0 Å². The van der Waals surface area contributed by atoms with Crippen LogP contribution in [0.2, 0.25) is 0 Å². The summed E-state index contributed by atoms with van der Waals surface area (Å²) in [5.74, 6) is -1.56. The quantitative estimate of drug-likeness (QED) is 0.272. The van der Waals surface area contributed by atoms with E-state index in [-0.39, 0.29) is 17.7 Å². The van der Waals surface area contributed by atoms with Crippen molar-refractivity contribution in [1.29, 1.82) is 0 Å². The van der Waals surface area contributed by atoms with Gasteiger partial charge in [-0.05, 0) is 50.6 Å². The van der Waals surface area contributed by atoms with Gasteiger partial charge in [-0.2, -0.15) is 5.10 Å². The molecule has 0 N–H and O–H groups in total. The van der Waals surface area contributed by atoms with Crippen LogP contribution in [0.25, 0.3) is 11.1 Å². The number of hydrogen-bond donors (Lipinski definition) is 0. The van der Waals surface area contributed by atoms with Crippen LogP contribution in [0.1, 0.15) is 41.5 Å². The summed E-state index contributed by atoms with van der Waals surface area (Å²) >= 11 is 0. The number of amides is 2. The molecule has 0 saturated carbocycles. The summed E-state index contributed by atoms with van der Waals surface area (Å²) in [5, 5.41) is 5.08. The second kappa shape index (κ2) is 12.2. The molecule has 41 heavy (non-hydrogen) atoms. The predicted molar refractivity (Wildman–Crippen MR) is 148 cm³/mol. The van der Waals surface area contributed by atoms with Crippen molar-refractivity contribution in [2.24, 2.45) is 0 Å². The fourth-order valence-electron chi connectivity index (χ4n) is 4.52. The number of carbonyl (C=O) groups is 3. The van der Waals surface area contributed by atoms with Gasteiger partial charge < -0.3 is 14.2 Å². The zero-order chi connectivity index (χ0) is 29.0. The molecule has 0 bridgehead atoms. The van der Waals surface area contributed by atoms with Crippen LogP contribution in [-0.4, -0.2) is 88.7 Å². The largest absolute Gasteiger partial charge is 0.490 e. The van der Waals surface area contributed by atoms with Crippen molar-refractivity contribution in [2.45, 2.75) is 39.0 Å². The van der Waals surface area contributed by atoms with Crippen molar-refractivity contribution in [1.82, 2.24) is 19.7 Å². The highest BCUT2D eigenvalue weighted by molar-refractivity contribution is 6.20. The Morgan fingerprint density at radius 2 is 1.61 bits per heavy atom. The summed E-state index contributed by atoms with van der Waals surface area (Å²) in [6, 6.07) is 13.7. The van der Waals surface area contributed by atoms with Gasteiger partial charge in [0, 0.05) is 31.4 Å². The molecule has 1 aromatic heterocycles. The molecule has 1 saturated heterocycles. The Morgan fingerprint density at radius 1 is 0.951 bits per heavy atom. The molecule has 2 aromatic carbocycles. The first-order valence-corrected chi connectivity index (χ1v) is 13.6. The number of aromatic nitrogens is 2. The van der Waals surface area contributed by atoms with Gasteiger partial charge in [-0.1, -0.05) is 24.3 Å². The number of carbonyl (C=O) groups excluding carboxylic acids is 3. The Morgan fingerprint density at radius 3 is 2.24 bits per heavy atom. The third kappa shape index (κ3) is 6.99. The molecule has 3 aromatic rings. The van der Waals surface area contributed by atoms with Crippen molar-refractivity contribution in [3.63, 3.8) is 0 Å². The molecule has 2 aliphatic rings. The van der Waals surface area contributed by atoms with E-state index < -0.39 is 29.5 Å². The van der Waals surface area contributed by atoms with E-state index in [4.69, 9.17) is 19.0 Å². The first kappa shape index (κ1) is 28.5. The molecule has 0 aliphatic carbocycles. The van der Waals surface area contributed by atoms with Crippen molar-refractivity contribution in [3.8, 4) is 16.9 Å². The average molecular weight is 563 g/mol. The lowest BCUT2D eigenvalue weighted by molar-refractivity contribution is -0.193. The van der Waals surface area contributed by atoms with E-state index in [2.05, 4.69) is 10.00 Å². The maximum atomic E-state index is 13.0. The summed E-state index contributed by atoms with van der Waals surface area (Å²) in [6.45, 7) is 10.00. The monoisotopic (exact) mass is 562 g/mol. The lowest BCUT2D eigenvalue weighted by atomic mass is 10.1. The predicted octanol–water partition coefficient (Wildman–Crippen LogP) is 3.20. The van der Waals surface area contributed by atoms with E-state index >= 15 is 0 Å². The smallest absolute Gasteiger partial charge is 0.342 e. The SMILES string of the molecule is CC(C)(C)OC(=O)[C@H](COc1ccc(-c2cnn(CCN3CCOCC3)c2)cc1)ON1C(=O)c2ccccc2C1=O. The third-order valence-corrected chi connectivity index (χ3v) is 6.63. The second-order valence-corrected chi connectivity index (χ2v) is 10.9. The van der Waals surface area contributed by atoms with Crippen LogP contribution in [-0.2, 0) is 25.7 Å². The molecule has 2 aliphatic heterocycles. The van der Waals surface area contributed by atoms with Crippen LogP contribution in [0, 0.1) is 0 Å². The Labute approximate surface area is 238 Å². The first-order valence-electron chi connectivity index (χ1n) is 13.6. The zero-order valence-electron chi connectivity index (χ0n) is 23.4. The molecule has 1 fully saturated rings. The van der Waals surface area contributed by atoms with Gasteiger partial charge in [0.1, 0.15) is 18.0 Å². The zero-order valence-corrected chi connectivity index (χ0v) is 23.4. The number of benzene rings is 2. The van der Waals surface area contributed by atoms with Gasteiger partial charge in [0.2, 0.25) is 6.10 Å². The van der Waals surface area contributed by atoms with Crippen LogP contribution in [0.3, 0.4) is 0 Å². The summed E-state index contributed by atoms with van der Waals surface area (Å²) in [4.78, 5) is 46.5. The summed E-state index contributed by atoms with van der Waals surface area (Å²) in [7, 11) is 0. The lowest BCUT2D eigenvalue weighted by Gasteiger charge is -2.26. The van der Waals surface area contributed by atoms with Gasteiger partial charge in [-0.25, -0.2) is 9.63 Å². The number of rotatable bonds is 10. The van der Waals surface area contributed by atoms with Gasteiger partial charge in [0.05, 0.1) is 37.1 Å². The number of hydroxylamine groups is 2. The van der Waals surface area contributed by atoms with E-state index in [0.717, 1.165) is 50.5 Å². The number of morpholine rings is 1. The minimum absolute atomic E-state index is 0.210. The Kier molecular flexibility index (Phi) is 8.48. The highest BCUT2D eigenvalue weighted by Crippen LogP contribution is 2.25. The fraction of sp³-hybridized carbons (Fsp3) is 0.400. The van der Waals surface area contributed by atoms with Crippen molar-refractivity contribution < 1.29 is 33.4 Å². The van der Waals surface area contributed by atoms with Crippen molar-refractivity contribution in [3.05, 3.63) is 72.1 Å². The number of ether oxygens (including phenoxy) is 3. The number of esters is 1. The van der Waals surface area contributed by atoms with Crippen LogP contribution in [0.5, 0.6) is 5.75 Å². The molecule has 0 unspecified atom stereocenters. The Hall–Kier alpha value is -4.06. The van der Waals surface area contributed by atoms with Gasteiger partial charge in [-0.3, -0.25) is 19.2 Å². The molecular formula is C30H34N4O7. The molecule has 5 rings (SSSR count). The van der Waals surface area contributed by atoms with Gasteiger partial charge in [0.25, 0.3) is 11.8 Å². The highest BCUT2D eigenvalue weighted by Gasteiger charge is 2.40. The minimum atomic E-state index is -1.36. The van der Waals surface area contributed by atoms with E-state index in [1.165, 1.54) is 12.1 Å². The lowest BCUT2D eigenvalue weighted by Crippen LogP contribution is -2.43. The summed E-state index contributed by atoms with van der Waals surface area (Å²) < 4.78 is 18.7. The normalized spacial score (nSPS) is 16.5. The molecule has 11 heteroatoms. The molecule has 2 amide bonds. The molecule has 0 spiro atoms. The van der Waals surface area contributed by atoms with Crippen LogP contribution < -0.4 is 4.74 Å². The van der Waals surface area contributed by atoms with Crippen molar-refractivity contribution >= 4 is 17.8 Å². The molecule has 0 radical (unpaired) electrons. The van der Waals surface area contributed by atoms with Gasteiger partial charge >= 0.3 is 5.97 Å². The Bertz CT molecular complexity index is 1360. The number of fused-ring (bicyclic) bond motifs is 1. The van der Waals surface area contributed by atoms with Crippen molar-refractivity contribution in [2.75, 3.05) is 39.5 Å². The number of hydrogen-bond acceptors (Lipinski definition) is 9. The van der Waals surface area contributed by atoms with E-state index in [1.807, 2.05) is 29.2 Å². The molecule has 216 valence electrons. The maximum Gasteiger partial charge on any atom is 0.342 e. The van der Waals surface area contributed by atoms with Crippen LogP contribution in [0.4, 0.5) is 0 Å². The number of nitrogens with zero attached hydrogens (tertiary/aromatic N) is 4. The molecular weight excluding hydrogens is 528 g/mol. The van der Waals surface area contributed by atoms with E-state index in [9.17, 15) is 14.4 Å². The van der Waals surface area contributed by atoms with Gasteiger partial charge in [-0.15, -0.1) is 5.06 Å². The summed E-state index contributed by atoms with van der Waals surface area (Å²) in [6.07, 6.45) is 2.47. The minimum Gasteiger partial charge on any atom is -0.490 e. The summed E-state index contributed by atoms with van der Waals surface area (Å²) in [5.41, 5.74) is 1.54. The average Bonchev–Trinajstić information content (AvgIpc) is 3.53. The highest BCUT2D eigenvalue weighted by atomic mass is 16.7. The first-order chi connectivity index (χ1) is 19.7. The number of imide groups is 1.